The van der Waals surface area contributed by atoms with Gasteiger partial charge in [0.1, 0.15) is 5.69 Å². The maximum absolute atomic E-state index is 12.2. The van der Waals surface area contributed by atoms with E-state index in [1.165, 1.54) is 0 Å². The molecule has 0 spiro atoms. The van der Waals surface area contributed by atoms with Gasteiger partial charge < -0.3 is 15.0 Å². The standard InChI is InChI=1S/C13H19BrN2O2/c1-8(2)11(7-17)15-13(18)12-5-9(14)6-16(12)10-3-4-10/h5-6,8,10-11,17H,3-4,7H2,1-2H3,(H,15,18). The highest BCUT2D eigenvalue weighted by Gasteiger charge is 2.28. The van der Waals surface area contributed by atoms with Gasteiger partial charge in [-0.3, -0.25) is 4.79 Å². The summed E-state index contributed by atoms with van der Waals surface area (Å²) in [6.07, 6.45) is 4.22. The van der Waals surface area contributed by atoms with Crippen molar-refractivity contribution in [3.05, 3.63) is 22.4 Å². The van der Waals surface area contributed by atoms with E-state index in [-0.39, 0.29) is 24.5 Å². The third kappa shape index (κ3) is 2.95. The van der Waals surface area contributed by atoms with Crippen molar-refractivity contribution in [2.45, 2.75) is 38.8 Å². The Labute approximate surface area is 116 Å². The average molecular weight is 315 g/mol. The predicted octanol–water partition coefficient (Wildman–Crippen LogP) is 2.33. The maximum atomic E-state index is 12.2. The summed E-state index contributed by atoms with van der Waals surface area (Å²) in [7, 11) is 0. The van der Waals surface area contributed by atoms with Gasteiger partial charge in [0, 0.05) is 16.7 Å². The van der Waals surface area contributed by atoms with Crippen molar-refractivity contribution in [1.82, 2.24) is 9.88 Å². The van der Waals surface area contributed by atoms with E-state index in [0.717, 1.165) is 17.3 Å². The van der Waals surface area contributed by atoms with E-state index in [1.807, 2.05) is 30.7 Å². The zero-order valence-corrected chi connectivity index (χ0v) is 12.3. The first-order valence-electron chi connectivity index (χ1n) is 6.32. The summed E-state index contributed by atoms with van der Waals surface area (Å²) in [6.45, 7) is 3.93. The van der Waals surface area contributed by atoms with E-state index in [9.17, 15) is 9.90 Å². The maximum Gasteiger partial charge on any atom is 0.268 e. The zero-order valence-electron chi connectivity index (χ0n) is 10.7. The van der Waals surface area contributed by atoms with Crippen LogP contribution < -0.4 is 5.32 Å². The number of carbonyl (C=O) groups excluding carboxylic acids is 1. The summed E-state index contributed by atoms with van der Waals surface area (Å²) >= 11 is 3.41. The van der Waals surface area contributed by atoms with Crippen molar-refractivity contribution in [2.24, 2.45) is 5.92 Å². The number of hydrogen-bond donors (Lipinski definition) is 2. The number of amides is 1. The van der Waals surface area contributed by atoms with Crippen LogP contribution in [0.4, 0.5) is 0 Å². The van der Waals surface area contributed by atoms with Gasteiger partial charge in [-0.2, -0.15) is 0 Å². The number of nitrogens with zero attached hydrogens (tertiary/aromatic N) is 1. The van der Waals surface area contributed by atoms with Gasteiger partial charge in [0.2, 0.25) is 0 Å². The number of aliphatic hydroxyl groups excluding tert-OH is 1. The minimum atomic E-state index is -0.196. The second kappa shape index (κ2) is 5.45. The molecule has 1 amide bonds. The second-order valence-electron chi connectivity index (χ2n) is 5.19. The van der Waals surface area contributed by atoms with Gasteiger partial charge in [0.05, 0.1) is 12.6 Å². The van der Waals surface area contributed by atoms with Crippen LogP contribution in [0.15, 0.2) is 16.7 Å². The molecule has 2 rings (SSSR count). The molecule has 1 atom stereocenters. The summed E-state index contributed by atoms with van der Waals surface area (Å²) in [5.74, 6) is 0.104. The number of aromatic nitrogens is 1. The molecule has 5 heteroatoms. The van der Waals surface area contributed by atoms with Gasteiger partial charge in [0.25, 0.3) is 5.91 Å². The lowest BCUT2D eigenvalue weighted by Crippen LogP contribution is -2.41. The Hall–Kier alpha value is -0.810. The summed E-state index contributed by atoms with van der Waals surface area (Å²) in [4.78, 5) is 12.2. The quantitative estimate of drug-likeness (QED) is 0.876. The SMILES string of the molecule is CC(C)C(CO)NC(=O)c1cc(Br)cn1C1CC1. The Kier molecular flexibility index (Phi) is 4.12. The number of halogens is 1. The molecular formula is C13H19BrN2O2. The van der Waals surface area contributed by atoms with Gasteiger partial charge in [0.15, 0.2) is 0 Å². The van der Waals surface area contributed by atoms with E-state index in [2.05, 4.69) is 21.2 Å². The van der Waals surface area contributed by atoms with E-state index >= 15 is 0 Å². The van der Waals surface area contributed by atoms with E-state index in [1.54, 1.807) is 0 Å². The number of rotatable bonds is 5. The fourth-order valence-corrected chi connectivity index (χ4v) is 2.39. The first-order valence-corrected chi connectivity index (χ1v) is 7.11. The number of carbonyl (C=O) groups is 1. The van der Waals surface area contributed by atoms with Gasteiger partial charge in [-0.05, 0) is 40.8 Å². The average Bonchev–Trinajstić information content (AvgIpc) is 3.08. The molecule has 1 fully saturated rings. The van der Waals surface area contributed by atoms with Crippen LogP contribution in [0.5, 0.6) is 0 Å². The number of aliphatic hydroxyl groups is 1. The minimum absolute atomic E-state index is 0.0330. The van der Waals surface area contributed by atoms with Crippen molar-refractivity contribution in [1.29, 1.82) is 0 Å². The Bertz CT molecular complexity index is 438. The molecule has 1 aliphatic carbocycles. The summed E-state index contributed by atoms with van der Waals surface area (Å²) in [5, 5.41) is 12.1. The van der Waals surface area contributed by atoms with Crippen molar-refractivity contribution < 1.29 is 9.90 Å². The van der Waals surface area contributed by atoms with Crippen LogP contribution in [-0.2, 0) is 0 Å². The molecule has 2 N–H and O–H groups in total. The molecule has 0 saturated heterocycles. The lowest BCUT2D eigenvalue weighted by atomic mass is 10.1. The van der Waals surface area contributed by atoms with Crippen LogP contribution in [-0.4, -0.2) is 28.2 Å². The molecule has 4 nitrogen and oxygen atoms in total. The topological polar surface area (TPSA) is 54.3 Å². The van der Waals surface area contributed by atoms with Gasteiger partial charge in [-0.15, -0.1) is 0 Å². The molecule has 1 saturated carbocycles. The Morgan fingerprint density at radius 1 is 1.61 bits per heavy atom. The second-order valence-corrected chi connectivity index (χ2v) is 6.10. The predicted molar refractivity (Wildman–Crippen MR) is 73.6 cm³/mol. The van der Waals surface area contributed by atoms with Crippen LogP contribution in [0, 0.1) is 5.92 Å². The molecule has 0 bridgehead atoms. The molecular weight excluding hydrogens is 296 g/mol. The van der Waals surface area contributed by atoms with Crippen LogP contribution in [0.25, 0.3) is 0 Å². The zero-order chi connectivity index (χ0) is 13.3. The Balaban J connectivity index is 2.13. The van der Waals surface area contributed by atoms with Crippen LogP contribution in [0.2, 0.25) is 0 Å². The summed E-state index contributed by atoms with van der Waals surface area (Å²) in [5.41, 5.74) is 0.670. The molecule has 18 heavy (non-hydrogen) atoms. The lowest BCUT2D eigenvalue weighted by Gasteiger charge is -2.20. The molecule has 100 valence electrons. The molecule has 0 radical (unpaired) electrons. The lowest BCUT2D eigenvalue weighted by molar-refractivity contribution is 0.0887. The normalized spacial score (nSPS) is 16.9. The smallest absolute Gasteiger partial charge is 0.268 e. The third-order valence-electron chi connectivity index (χ3n) is 3.31. The van der Waals surface area contributed by atoms with Crippen LogP contribution >= 0.6 is 15.9 Å². The van der Waals surface area contributed by atoms with E-state index in [4.69, 9.17) is 0 Å². The van der Waals surface area contributed by atoms with Gasteiger partial charge in [-0.25, -0.2) is 0 Å². The highest BCUT2D eigenvalue weighted by Crippen LogP contribution is 2.37. The molecule has 1 aromatic rings. The first kappa shape index (κ1) is 13.6. The minimum Gasteiger partial charge on any atom is -0.394 e. The highest BCUT2D eigenvalue weighted by molar-refractivity contribution is 9.10. The first-order chi connectivity index (χ1) is 8.52. The third-order valence-corrected chi connectivity index (χ3v) is 3.74. The Morgan fingerprint density at radius 3 is 2.78 bits per heavy atom. The molecule has 1 aliphatic rings. The number of hydrogen-bond acceptors (Lipinski definition) is 2. The summed E-state index contributed by atoms with van der Waals surface area (Å²) in [6, 6.07) is 2.10. The van der Waals surface area contributed by atoms with Crippen molar-refractivity contribution >= 4 is 21.8 Å². The molecule has 1 heterocycles. The van der Waals surface area contributed by atoms with Gasteiger partial charge >= 0.3 is 0 Å². The molecule has 0 aromatic carbocycles. The Morgan fingerprint density at radius 2 is 2.28 bits per heavy atom. The monoisotopic (exact) mass is 314 g/mol. The van der Waals surface area contributed by atoms with Crippen LogP contribution in [0.1, 0.15) is 43.2 Å². The van der Waals surface area contributed by atoms with Gasteiger partial charge in [-0.1, -0.05) is 13.8 Å². The van der Waals surface area contributed by atoms with Crippen molar-refractivity contribution in [2.75, 3.05) is 6.61 Å². The fourth-order valence-electron chi connectivity index (χ4n) is 1.95. The number of nitrogens with one attached hydrogen (secondary N) is 1. The van der Waals surface area contributed by atoms with Crippen molar-refractivity contribution in [3.63, 3.8) is 0 Å². The van der Waals surface area contributed by atoms with E-state index in [0.29, 0.717) is 11.7 Å². The van der Waals surface area contributed by atoms with Crippen molar-refractivity contribution in [3.8, 4) is 0 Å². The van der Waals surface area contributed by atoms with Crippen LogP contribution in [0.3, 0.4) is 0 Å². The van der Waals surface area contributed by atoms with E-state index < -0.39 is 0 Å². The highest BCUT2D eigenvalue weighted by atomic mass is 79.9. The fraction of sp³-hybridized carbons (Fsp3) is 0.615. The molecule has 0 aliphatic heterocycles. The molecule has 1 unspecified atom stereocenters. The summed E-state index contributed by atoms with van der Waals surface area (Å²) < 4.78 is 2.94. The molecule has 1 aromatic heterocycles. The largest absolute Gasteiger partial charge is 0.394 e.